The Kier molecular flexibility index (Phi) is 7.03. The SMILES string of the molecule is CCc1ccccc1NC(=O)CCN1C(=S)N[C@@H](c2ccccn2)[C@@H]1c1ccn(C(C)(C)C)c1. The molecule has 0 bridgehead atoms. The first kappa shape index (κ1) is 24.0. The van der Waals surface area contributed by atoms with Crippen molar-refractivity contribution in [1.29, 1.82) is 0 Å². The van der Waals surface area contributed by atoms with Gasteiger partial charge in [-0.25, -0.2) is 0 Å². The summed E-state index contributed by atoms with van der Waals surface area (Å²) >= 11 is 5.74. The molecule has 1 saturated heterocycles. The Labute approximate surface area is 207 Å². The molecule has 0 saturated carbocycles. The van der Waals surface area contributed by atoms with E-state index in [1.165, 1.54) is 0 Å². The quantitative estimate of drug-likeness (QED) is 0.460. The lowest BCUT2D eigenvalue weighted by Gasteiger charge is -2.27. The minimum Gasteiger partial charge on any atom is -0.352 e. The molecule has 6 nitrogen and oxygen atoms in total. The Bertz CT molecular complexity index is 1150. The molecular formula is C27H33N5OS. The molecule has 3 heterocycles. The van der Waals surface area contributed by atoms with Gasteiger partial charge in [-0.15, -0.1) is 0 Å². The van der Waals surface area contributed by atoms with Crippen LogP contribution in [0.4, 0.5) is 5.69 Å². The second kappa shape index (κ2) is 9.97. The average molecular weight is 476 g/mol. The maximum atomic E-state index is 12.9. The van der Waals surface area contributed by atoms with Crippen LogP contribution in [0.5, 0.6) is 0 Å². The van der Waals surface area contributed by atoms with E-state index in [0.717, 1.165) is 28.9 Å². The van der Waals surface area contributed by atoms with Crippen molar-refractivity contribution in [3.8, 4) is 0 Å². The number of aromatic nitrogens is 2. The molecule has 1 fully saturated rings. The van der Waals surface area contributed by atoms with Crippen molar-refractivity contribution >= 4 is 28.9 Å². The second-order valence-electron chi connectivity index (χ2n) is 9.65. The molecule has 0 unspecified atom stereocenters. The van der Waals surface area contributed by atoms with Crippen molar-refractivity contribution in [2.24, 2.45) is 0 Å². The summed E-state index contributed by atoms with van der Waals surface area (Å²) in [5, 5.41) is 7.18. The summed E-state index contributed by atoms with van der Waals surface area (Å²) in [6.07, 6.45) is 7.30. The van der Waals surface area contributed by atoms with E-state index in [-0.39, 0.29) is 23.5 Å². The maximum absolute atomic E-state index is 12.9. The molecular weight excluding hydrogens is 442 g/mol. The summed E-state index contributed by atoms with van der Waals surface area (Å²) in [6.45, 7) is 9.15. The Hall–Kier alpha value is -3.19. The molecule has 2 aromatic heterocycles. The molecule has 178 valence electrons. The molecule has 7 heteroatoms. The number of anilines is 1. The molecule has 3 aromatic rings. The molecule has 1 amide bonds. The molecule has 1 aromatic carbocycles. The third kappa shape index (κ3) is 5.14. The second-order valence-corrected chi connectivity index (χ2v) is 10.0. The number of thiocarbonyl (C=S) groups is 1. The third-order valence-electron chi connectivity index (χ3n) is 6.28. The summed E-state index contributed by atoms with van der Waals surface area (Å²) in [4.78, 5) is 19.6. The van der Waals surface area contributed by atoms with E-state index in [1.807, 2.05) is 42.5 Å². The van der Waals surface area contributed by atoms with E-state index in [1.54, 1.807) is 6.20 Å². The highest BCUT2D eigenvalue weighted by Gasteiger charge is 2.40. The first-order chi connectivity index (χ1) is 16.3. The summed E-state index contributed by atoms with van der Waals surface area (Å²) in [7, 11) is 0. The van der Waals surface area contributed by atoms with Crippen molar-refractivity contribution in [2.75, 3.05) is 11.9 Å². The Morgan fingerprint density at radius 1 is 1.15 bits per heavy atom. The van der Waals surface area contributed by atoms with Gasteiger partial charge in [-0.3, -0.25) is 9.78 Å². The van der Waals surface area contributed by atoms with Gasteiger partial charge in [0.15, 0.2) is 5.11 Å². The number of rotatable bonds is 7. The van der Waals surface area contributed by atoms with Crippen LogP contribution in [-0.2, 0) is 16.8 Å². The van der Waals surface area contributed by atoms with Crippen molar-refractivity contribution in [1.82, 2.24) is 19.8 Å². The zero-order chi connectivity index (χ0) is 24.3. The topological polar surface area (TPSA) is 62.2 Å². The van der Waals surface area contributed by atoms with Gasteiger partial charge in [-0.05, 0) is 74.8 Å². The molecule has 2 N–H and O–H groups in total. The number of amides is 1. The fourth-order valence-corrected chi connectivity index (χ4v) is 4.73. The molecule has 0 radical (unpaired) electrons. The summed E-state index contributed by atoms with van der Waals surface area (Å²) in [6, 6.07) is 15.9. The smallest absolute Gasteiger partial charge is 0.226 e. The molecule has 1 aliphatic heterocycles. The number of aryl methyl sites for hydroxylation is 1. The van der Waals surface area contributed by atoms with Crippen LogP contribution in [0.1, 0.15) is 63.0 Å². The third-order valence-corrected chi connectivity index (χ3v) is 6.63. The van der Waals surface area contributed by atoms with Crippen molar-refractivity contribution in [3.05, 3.63) is 83.9 Å². The Balaban J connectivity index is 1.56. The lowest BCUT2D eigenvalue weighted by molar-refractivity contribution is -0.116. The Morgan fingerprint density at radius 2 is 1.91 bits per heavy atom. The average Bonchev–Trinajstić information content (AvgIpc) is 3.43. The van der Waals surface area contributed by atoms with Crippen molar-refractivity contribution < 1.29 is 4.79 Å². The van der Waals surface area contributed by atoms with Crippen LogP contribution in [-0.4, -0.2) is 32.0 Å². The molecule has 0 spiro atoms. The lowest BCUT2D eigenvalue weighted by atomic mass is 9.99. The highest BCUT2D eigenvalue weighted by atomic mass is 32.1. The van der Waals surface area contributed by atoms with Gasteiger partial charge in [0.25, 0.3) is 0 Å². The van der Waals surface area contributed by atoms with Gasteiger partial charge in [0.1, 0.15) is 0 Å². The highest BCUT2D eigenvalue weighted by molar-refractivity contribution is 7.80. The first-order valence-corrected chi connectivity index (χ1v) is 12.2. The standard InChI is InChI=1S/C27H33N5OS/c1-5-19-10-6-7-11-21(19)29-23(33)14-17-32-25(20-13-16-31(18-20)27(2,3)4)24(30-26(32)34)22-12-8-9-15-28-22/h6-13,15-16,18,24-25H,5,14,17H2,1-4H3,(H,29,33)(H,30,34)/t24-,25-/m0/s1. The van der Waals surface area contributed by atoms with Crippen LogP contribution < -0.4 is 10.6 Å². The van der Waals surface area contributed by atoms with Crippen LogP contribution in [0.15, 0.2) is 67.1 Å². The zero-order valence-corrected chi connectivity index (χ0v) is 21.1. The first-order valence-electron chi connectivity index (χ1n) is 11.8. The van der Waals surface area contributed by atoms with E-state index in [4.69, 9.17) is 12.2 Å². The monoisotopic (exact) mass is 475 g/mol. The number of benzene rings is 1. The van der Waals surface area contributed by atoms with Crippen molar-refractivity contribution in [2.45, 2.75) is 58.2 Å². The van der Waals surface area contributed by atoms with Gasteiger partial charge in [0.2, 0.25) is 5.91 Å². The number of para-hydroxylation sites is 1. The minimum absolute atomic E-state index is 0.0176. The van der Waals surface area contributed by atoms with Gasteiger partial charge in [0.05, 0.1) is 17.8 Å². The Morgan fingerprint density at radius 3 is 2.59 bits per heavy atom. The summed E-state index contributed by atoms with van der Waals surface area (Å²) < 4.78 is 2.21. The molecule has 34 heavy (non-hydrogen) atoms. The fraction of sp³-hybridized carbons (Fsp3) is 0.370. The van der Waals surface area contributed by atoms with Crippen LogP contribution in [0.2, 0.25) is 0 Å². The van der Waals surface area contributed by atoms with Crippen LogP contribution in [0.3, 0.4) is 0 Å². The number of hydrogen-bond acceptors (Lipinski definition) is 3. The van der Waals surface area contributed by atoms with Crippen molar-refractivity contribution in [3.63, 3.8) is 0 Å². The van der Waals surface area contributed by atoms with E-state index >= 15 is 0 Å². The van der Waals surface area contributed by atoms with Gasteiger partial charge in [-0.1, -0.05) is 31.2 Å². The number of hydrogen-bond donors (Lipinski definition) is 2. The van der Waals surface area contributed by atoms with E-state index < -0.39 is 0 Å². The predicted molar refractivity (Wildman–Crippen MR) is 141 cm³/mol. The molecule has 4 rings (SSSR count). The summed E-state index contributed by atoms with van der Waals surface area (Å²) in [5.74, 6) is -0.0176. The van der Waals surface area contributed by atoms with Gasteiger partial charge >= 0.3 is 0 Å². The number of nitrogens with zero attached hydrogens (tertiary/aromatic N) is 3. The van der Waals surface area contributed by atoms with Gasteiger partial charge < -0.3 is 20.1 Å². The van der Waals surface area contributed by atoms with E-state index in [0.29, 0.717) is 18.1 Å². The fourth-order valence-electron chi connectivity index (χ4n) is 4.40. The number of carbonyl (C=O) groups excluding carboxylic acids is 1. The normalized spacial score (nSPS) is 18.1. The molecule has 2 atom stereocenters. The number of carbonyl (C=O) groups is 1. The number of pyridine rings is 1. The van der Waals surface area contributed by atoms with Crippen LogP contribution in [0.25, 0.3) is 0 Å². The van der Waals surface area contributed by atoms with E-state index in [9.17, 15) is 4.79 Å². The summed E-state index contributed by atoms with van der Waals surface area (Å²) in [5.41, 5.74) is 4.06. The highest BCUT2D eigenvalue weighted by Crippen LogP contribution is 2.39. The van der Waals surface area contributed by atoms with Gasteiger partial charge in [-0.2, -0.15) is 0 Å². The molecule has 0 aliphatic carbocycles. The molecule has 1 aliphatic rings. The lowest BCUT2D eigenvalue weighted by Crippen LogP contribution is -2.32. The minimum atomic E-state index is -0.0894. The largest absolute Gasteiger partial charge is 0.352 e. The van der Waals surface area contributed by atoms with Gasteiger partial charge in [0, 0.05) is 42.8 Å². The van der Waals surface area contributed by atoms with E-state index in [2.05, 4.69) is 71.2 Å². The predicted octanol–water partition coefficient (Wildman–Crippen LogP) is 5.20. The number of nitrogens with one attached hydrogen (secondary N) is 2. The maximum Gasteiger partial charge on any atom is 0.226 e. The van der Waals surface area contributed by atoms with Crippen LogP contribution >= 0.6 is 12.2 Å². The zero-order valence-electron chi connectivity index (χ0n) is 20.3. The van der Waals surface area contributed by atoms with Crippen LogP contribution in [0, 0.1) is 0 Å².